The molecule has 0 aliphatic rings. The molecule has 0 radical (unpaired) electrons. The number of sulfone groups is 1. The Labute approximate surface area is 202 Å². The number of hydrazone groups is 2. The molecule has 4 aromatic carbocycles. The summed E-state index contributed by atoms with van der Waals surface area (Å²) in [5.41, 5.74) is 7.92. The molecule has 0 aromatic heterocycles. The van der Waals surface area contributed by atoms with Crippen LogP contribution in [0.5, 0.6) is 11.5 Å². The fraction of sp³-hybridized carbons (Fsp3) is 0. The molecule has 4 aromatic rings. The van der Waals surface area contributed by atoms with Gasteiger partial charge in [0, 0.05) is 11.1 Å². The Bertz CT molecular complexity index is 1360. The average molecular weight is 487 g/mol. The lowest BCUT2D eigenvalue weighted by molar-refractivity contribution is 0.474. The van der Waals surface area contributed by atoms with Gasteiger partial charge in [-0.1, -0.05) is 24.3 Å². The summed E-state index contributed by atoms with van der Waals surface area (Å²) in [6, 6.07) is 26.0. The highest BCUT2D eigenvalue weighted by molar-refractivity contribution is 7.91. The van der Waals surface area contributed by atoms with Gasteiger partial charge in [-0.2, -0.15) is 10.2 Å². The smallest absolute Gasteiger partial charge is 0.206 e. The molecule has 9 heteroatoms. The molecular weight excluding hydrogens is 464 g/mol. The van der Waals surface area contributed by atoms with E-state index in [9.17, 15) is 18.6 Å². The number of rotatable bonds is 8. The van der Waals surface area contributed by atoms with Crippen LogP contribution < -0.4 is 10.9 Å². The lowest BCUT2D eigenvalue weighted by atomic mass is 10.2. The summed E-state index contributed by atoms with van der Waals surface area (Å²) in [6.45, 7) is 0. The normalized spacial score (nSPS) is 11.7. The maximum atomic E-state index is 13.0. The highest BCUT2D eigenvalue weighted by atomic mass is 32.2. The number of hydrogen-bond donors (Lipinski definition) is 4. The monoisotopic (exact) mass is 486 g/mol. The number of hydrogen-bond acceptors (Lipinski definition) is 8. The summed E-state index contributed by atoms with van der Waals surface area (Å²) in [4.78, 5) is 0.289. The zero-order valence-corrected chi connectivity index (χ0v) is 19.2. The van der Waals surface area contributed by atoms with Crippen molar-refractivity contribution in [3.8, 4) is 11.5 Å². The van der Waals surface area contributed by atoms with Crippen molar-refractivity contribution in [2.45, 2.75) is 9.79 Å². The first-order valence-corrected chi connectivity index (χ1v) is 12.0. The zero-order valence-electron chi connectivity index (χ0n) is 18.4. The number of benzene rings is 4. The number of nitrogens with zero attached hydrogens (tertiary/aromatic N) is 2. The van der Waals surface area contributed by atoms with E-state index in [1.54, 1.807) is 72.8 Å². The summed E-state index contributed by atoms with van der Waals surface area (Å²) in [5, 5.41) is 27.6. The number of aromatic hydroxyl groups is 2. The summed E-state index contributed by atoms with van der Waals surface area (Å²) < 4.78 is 25.9. The van der Waals surface area contributed by atoms with E-state index in [1.165, 1.54) is 36.7 Å². The van der Waals surface area contributed by atoms with Crippen molar-refractivity contribution in [1.29, 1.82) is 0 Å². The number of para-hydroxylation sites is 2. The topological polar surface area (TPSA) is 123 Å². The number of nitrogens with one attached hydrogen (secondary N) is 2. The van der Waals surface area contributed by atoms with Crippen molar-refractivity contribution in [2.75, 3.05) is 10.9 Å². The van der Waals surface area contributed by atoms with Gasteiger partial charge in [-0.05, 0) is 72.8 Å². The van der Waals surface area contributed by atoms with E-state index in [0.29, 0.717) is 22.5 Å². The third-order valence-electron chi connectivity index (χ3n) is 5.00. The van der Waals surface area contributed by atoms with Gasteiger partial charge in [0.15, 0.2) is 0 Å². The standard InChI is InChI=1S/C26H22N4O4S/c31-25-7-3-1-5-19(25)17-27-29-21-9-13-23(14-10-21)35(33,34)24-15-11-22(12-16-24)30-28-18-20-6-2-4-8-26(20)32/h1-18,29-32H. The molecule has 0 unspecified atom stereocenters. The third-order valence-corrected chi connectivity index (χ3v) is 6.78. The quantitative estimate of drug-likeness (QED) is 0.209. The summed E-state index contributed by atoms with van der Waals surface area (Å²) in [6.07, 6.45) is 2.95. The molecule has 0 amide bonds. The largest absolute Gasteiger partial charge is 0.507 e. The first kappa shape index (κ1) is 23.5. The summed E-state index contributed by atoms with van der Waals surface area (Å²) in [5.74, 6) is 0.228. The van der Waals surface area contributed by atoms with Crippen LogP contribution in [-0.4, -0.2) is 31.1 Å². The van der Waals surface area contributed by atoms with Crippen LogP contribution in [-0.2, 0) is 9.84 Å². The van der Waals surface area contributed by atoms with Crippen LogP contribution in [0.4, 0.5) is 11.4 Å². The fourth-order valence-electron chi connectivity index (χ4n) is 3.10. The van der Waals surface area contributed by atoms with Crippen LogP contribution in [0, 0.1) is 0 Å². The lowest BCUT2D eigenvalue weighted by Crippen LogP contribution is -2.02. The van der Waals surface area contributed by atoms with Gasteiger partial charge in [-0.25, -0.2) is 8.42 Å². The SMILES string of the molecule is O=S(=O)(c1ccc(NN=Cc2ccccc2O)cc1)c1ccc(NN=Cc2ccccc2O)cc1. The first-order valence-electron chi connectivity index (χ1n) is 10.5. The Morgan fingerprint density at radius 2 is 0.943 bits per heavy atom. The molecule has 0 saturated carbocycles. The van der Waals surface area contributed by atoms with Crippen LogP contribution in [0.2, 0.25) is 0 Å². The molecule has 4 rings (SSSR count). The Morgan fingerprint density at radius 3 is 1.31 bits per heavy atom. The van der Waals surface area contributed by atoms with E-state index in [4.69, 9.17) is 0 Å². The molecule has 0 fully saturated rings. The van der Waals surface area contributed by atoms with Crippen LogP contribution in [0.3, 0.4) is 0 Å². The first-order chi connectivity index (χ1) is 16.9. The summed E-state index contributed by atoms with van der Waals surface area (Å²) >= 11 is 0. The minimum absolute atomic E-state index is 0.114. The second-order valence-electron chi connectivity index (χ2n) is 7.41. The fourth-order valence-corrected chi connectivity index (χ4v) is 4.36. The predicted octanol–water partition coefficient (Wildman–Crippen LogP) is 4.82. The molecule has 35 heavy (non-hydrogen) atoms. The molecular formula is C26H22N4O4S. The number of phenols is 2. The Balaban J connectivity index is 1.39. The van der Waals surface area contributed by atoms with Gasteiger partial charge in [0.1, 0.15) is 11.5 Å². The Kier molecular flexibility index (Phi) is 7.08. The van der Waals surface area contributed by atoms with Crippen molar-refractivity contribution in [3.05, 3.63) is 108 Å². The van der Waals surface area contributed by atoms with E-state index in [0.717, 1.165) is 0 Å². The minimum Gasteiger partial charge on any atom is -0.507 e. The average Bonchev–Trinajstić information content (AvgIpc) is 2.87. The Hall–Kier alpha value is -4.63. The van der Waals surface area contributed by atoms with Gasteiger partial charge in [0.05, 0.1) is 33.6 Å². The molecule has 0 saturated heterocycles. The molecule has 4 N–H and O–H groups in total. The molecule has 0 aliphatic heterocycles. The van der Waals surface area contributed by atoms with Gasteiger partial charge < -0.3 is 10.2 Å². The van der Waals surface area contributed by atoms with Gasteiger partial charge in [0.25, 0.3) is 0 Å². The van der Waals surface area contributed by atoms with Crippen LogP contribution in [0.1, 0.15) is 11.1 Å². The van der Waals surface area contributed by atoms with E-state index < -0.39 is 9.84 Å². The van der Waals surface area contributed by atoms with E-state index >= 15 is 0 Å². The molecule has 0 spiro atoms. The predicted molar refractivity (Wildman–Crippen MR) is 137 cm³/mol. The summed E-state index contributed by atoms with van der Waals surface area (Å²) in [7, 11) is -3.71. The molecule has 0 heterocycles. The van der Waals surface area contributed by atoms with Gasteiger partial charge in [-0.3, -0.25) is 10.9 Å². The highest BCUT2D eigenvalue weighted by Gasteiger charge is 2.17. The second kappa shape index (κ2) is 10.5. The second-order valence-corrected chi connectivity index (χ2v) is 9.36. The van der Waals surface area contributed by atoms with Crippen LogP contribution >= 0.6 is 0 Å². The number of phenolic OH excluding ortho intramolecular Hbond substituents is 2. The van der Waals surface area contributed by atoms with Gasteiger partial charge in [-0.15, -0.1) is 0 Å². The molecule has 8 nitrogen and oxygen atoms in total. The van der Waals surface area contributed by atoms with Crippen molar-refractivity contribution < 1.29 is 18.6 Å². The highest BCUT2D eigenvalue weighted by Crippen LogP contribution is 2.24. The van der Waals surface area contributed by atoms with E-state index in [1.807, 2.05) is 0 Å². The minimum atomic E-state index is -3.71. The van der Waals surface area contributed by atoms with Crippen molar-refractivity contribution in [1.82, 2.24) is 0 Å². The molecule has 176 valence electrons. The van der Waals surface area contributed by atoms with Crippen molar-refractivity contribution >= 4 is 33.6 Å². The molecule has 0 aliphatic carbocycles. The van der Waals surface area contributed by atoms with Crippen LogP contribution in [0.15, 0.2) is 117 Å². The van der Waals surface area contributed by atoms with Gasteiger partial charge in [0.2, 0.25) is 9.84 Å². The zero-order chi connectivity index (χ0) is 24.7. The van der Waals surface area contributed by atoms with E-state index in [2.05, 4.69) is 21.1 Å². The molecule has 0 atom stereocenters. The van der Waals surface area contributed by atoms with Crippen LogP contribution in [0.25, 0.3) is 0 Å². The third kappa shape index (κ3) is 5.84. The van der Waals surface area contributed by atoms with E-state index in [-0.39, 0.29) is 21.3 Å². The maximum absolute atomic E-state index is 13.0. The number of anilines is 2. The van der Waals surface area contributed by atoms with Gasteiger partial charge >= 0.3 is 0 Å². The van der Waals surface area contributed by atoms with Crippen molar-refractivity contribution in [3.63, 3.8) is 0 Å². The lowest BCUT2D eigenvalue weighted by Gasteiger charge is -2.07. The van der Waals surface area contributed by atoms with Crippen molar-refractivity contribution in [2.24, 2.45) is 10.2 Å². The maximum Gasteiger partial charge on any atom is 0.206 e. The Morgan fingerprint density at radius 1 is 0.571 bits per heavy atom. The molecule has 0 bridgehead atoms.